The van der Waals surface area contributed by atoms with E-state index in [1.165, 1.54) is 6.26 Å². The molecule has 1 aromatic rings. The summed E-state index contributed by atoms with van der Waals surface area (Å²) >= 11 is 0. The summed E-state index contributed by atoms with van der Waals surface area (Å²) < 4.78 is 5.31. The van der Waals surface area contributed by atoms with Gasteiger partial charge in [0.05, 0.1) is 18.7 Å². The maximum absolute atomic E-state index is 11.7. The number of carbonyl (C=O) groups is 2. The first-order valence-electron chi connectivity index (χ1n) is 6.15. The van der Waals surface area contributed by atoms with Crippen LogP contribution in [0.5, 0.6) is 0 Å². The first-order valence-corrected chi connectivity index (χ1v) is 6.15. The van der Waals surface area contributed by atoms with Crippen molar-refractivity contribution in [3.8, 4) is 0 Å². The highest BCUT2D eigenvalue weighted by Gasteiger charge is 2.20. The van der Waals surface area contributed by atoms with Crippen LogP contribution in [-0.4, -0.2) is 48.3 Å². The summed E-state index contributed by atoms with van der Waals surface area (Å²) in [5, 5.41) is 0. The van der Waals surface area contributed by atoms with Crippen molar-refractivity contribution in [2.45, 2.75) is 13.0 Å². The number of furan rings is 1. The van der Waals surface area contributed by atoms with Crippen LogP contribution in [-0.2, 0) is 11.3 Å². The summed E-state index contributed by atoms with van der Waals surface area (Å²) in [6.45, 7) is 2.48. The SMILES string of the molecule is CN1CCCN(Cc2cc(C(=O)NN)co2)CC1=O. The van der Waals surface area contributed by atoms with Gasteiger partial charge in [0.15, 0.2) is 0 Å². The Morgan fingerprint density at radius 1 is 1.53 bits per heavy atom. The number of rotatable bonds is 3. The number of nitrogens with one attached hydrogen (secondary N) is 1. The number of likely N-dealkylation sites (N-methyl/N-ethyl adjacent to an activating group) is 1. The monoisotopic (exact) mass is 266 g/mol. The zero-order chi connectivity index (χ0) is 13.8. The van der Waals surface area contributed by atoms with Gasteiger partial charge in [0.2, 0.25) is 5.91 Å². The predicted octanol–water partition coefficient (Wildman–Crippen LogP) is -0.453. The van der Waals surface area contributed by atoms with Crippen LogP contribution in [0.1, 0.15) is 22.5 Å². The predicted molar refractivity (Wildman–Crippen MR) is 67.9 cm³/mol. The second-order valence-corrected chi connectivity index (χ2v) is 4.65. The summed E-state index contributed by atoms with van der Waals surface area (Å²) in [6, 6.07) is 1.64. The molecule has 1 fully saturated rings. The number of nitrogens with two attached hydrogens (primary N) is 1. The van der Waals surface area contributed by atoms with Crippen molar-refractivity contribution in [1.29, 1.82) is 0 Å². The van der Waals surface area contributed by atoms with E-state index in [-0.39, 0.29) is 11.8 Å². The van der Waals surface area contributed by atoms with Crippen LogP contribution in [0.25, 0.3) is 0 Å². The molecule has 0 bridgehead atoms. The fourth-order valence-corrected chi connectivity index (χ4v) is 2.07. The molecule has 0 saturated carbocycles. The molecule has 0 atom stereocenters. The molecule has 0 radical (unpaired) electrons. The quantitative estimate of drug-likeness (QED) is 0.439. The molecule has 1 saturated heterocycles. The summed E-state index contributed by atoms with van der Waals surface area (Å²) in [6.07, 6.45) is 2.29. The molecule has 1 aliphatic heterocycles. The van der Waals surface area contributed by atoms with Gasteiger partial charge in [-0.05, 0) is 12.5 Å². The molecule has 104 valence electrons. The molecule has 0 aromatic carbocycles. The van der Waals surface area contributed by atoms with Gasteiger partial charge in [-0.3, -0.25) is 19.9 Å². The van der Waals surface area contributed by atoms with E-state index in [2.05, 4.69) is 0 Å². The highest BCUT2D eigenvalue weighted by molar-refractivity contribution is 5.93. The maximum Gasteiger partial charge on any atom is 0.268 e. The van der Waals surface area contributed by atoms with Gasteiger partial charge in [0.25, 0.3) is 5.91 Å². The average molecular weight is 266 g/mol. The number of amides is 2. The first kappa shape index (κ1) is 13.6. The Morgan fingerprint density at radius 3 is 3.05 bits per heavy atom. The van der Waals surface area contributed by atoms with Gasteiger partial charge in [-0.1, -0.05) is 0 Å². The van der Waals surface area contributed by atoms with Crippen molar-refractivity contribution in [1.82, 2.24) is 15.2 Å². The second-order valence-electron chi connectivity index (χ2n) is 4.65. The number of nitrogen functional groups attached to an aromatic ring is 1. The Labute approximate surface area is 111 Å². The largest absolute Gasteiger partial charge is 0.467 e. The lowest BCUT2D eigenvalue weighted by atomic mass is 10.3. The molecular formula is C12H18N4O3. The maximum atomic E-state index is 11.7. The molecule has 0 unspecified atom stereocenters. The molecule has 0 spiro atoms. The van der Waals surface area contributed by atoms with Gasteiger partial charge in [0.1, 0.15) is 12.0 Å². The van der Waals surface area contributed by atoms with Crippen LogP contribution in [0.3, 0.4) is 0 Å². The normalized spacial score (nSPS) is 17.4. The van der Waals surface area contributed by atoms with Crippen molar-refractivity contribution in [2.75, 3.05) is 26.7 Å². The van der Waals surface area contributed by atoms with Crippen LogP contribution < -0.4 is 11.3 Å². The lowest BCUT2D eigenvalue weighted by Crippen LogP contribution is -2.34. The van der Waals surface area contributed by atoms with Crippen LogP contribution in [0, 0.1) is 0 Å². The molecule has 2 heterocycles. The molecule has 7 heteroatoms. The molecule has 3 N–H and O–H groups in total. The van der Waals surface area contributed by atoms with Crippen LogP contribution in [0.15, 0.2) is 16.7 Å². The molecule has 2 amide bonds. The van der Waals surface area contributed by atoms with E-state index in [0.717, 1.165) is 19.5 Å². The Bertz CT molecular complexity index is 471. The smallest absolute Gasteiger partial charge is 0.268 e. The minimum Gasteiger partial charge on any atom is -0.467 e. The van der Waals surface area contributed by atoms with E-state index < -0.39 is 0 Å². The summed E-state index contributed by atoms with van der Waals surface area (Å²) in [5.74, 6) is 5.41. The number of hydrogen-bond acceptors (Lipinski definition) is 5. The zero-order valence-electron chi connectivity index (χ0n) is 10.9. The van der Waals surface area contributed by atoms with E-state index in [1.54, 1.807) is 11.0 Å². The minimum atomic E-state index is -0.387. The Morgan fingerprint density at radius 2 is 2.32 bits per heavy atom. The first-order chi connectivity index (χ1) is 9.10. The average Bonchev–Trinajstić information content (AvgIpc) is 2.79. The van der Waals surface area contributed by atoms with Crippen molar-refractivity contribution in [2.24, 2.45) is 5.84 Å². The molecule has 7 nitrogen and oxygen atoms in total. The number of carbonyl (C=O) groups excluding carboxylic acids is 2. The van der Waals surface area contributed by atoms with Crippen LogP contribution in [0.2, 0.25) is 0 Å². The summed E-state index contributed by atoms with van der Waals surface area (Å²) in [5.41, 5.74) is 2.43. The third kappa shape index (κ3) is 3.33. The number of hydrogen-bond donors (Lipinski definition) is 2. The van der Waals surface area contributed by atoms with E-state index in [4.69, 9.17) is 10.3 Å². The highest BCUT2D eigenvalue weighted by atomic mass is 16.3. The third-order valence-corrected chi connectivity index (χ3v) is 3.18. The van der Waals surface area contributed by atoms with Gasteiger partial charge in [0, 0.05) is 20.1 Å². The third-order valence-electron chi connectivity index (χ3n) is 3.18. The van der Waals surface area contributed by atoms with E-state index in [9.17, 15) is 9.59 Å². The fourth-order valence-electron chi connectivity index (χ4n) is 2.07. The van der Waals surface area contributed by atoms with Gasteiger partial charge in [-0.15, -0.1) is 0 Å². The zero-order valence-corrected chi connectivity index (χ0v) is 10.9. The van der Waals surface area contributed by atoms with E-state index >= 15 is 0 Å². The fraction of sp³-hybridized carbons (Fsp3) is 0.500. The number of nitrogens with zero attached hydrogens (tertiary/aromatic N) is 2. The molecule has 1 aliphatic rings. The van der Waals surface area contributed by atoms with Crippen molar-refractivity contribution < 1.29 is 14.0 Å². The lowest BCUT2D eigenvalue weighted by molar-refractivity contribution is -0.130. The van der Waals surface area contributed by atoms with Gasteiger partial charge in [-0.25, -0.2) is 5.84 Å². The minimum absolute atomic E-state index is 0.101. The molecular weight excluding hydrogens is 248 g/mol. The topological polar surface area (TPSA) is 91.8 Å². The summed E-state index contributed by atoms with van der Waals surface area (Å²) in [7, 11) is 1.81. The Hall–Kier alpha value is -1.86. The molecule has 19 heavy (non-hydrogen) atoms. The molecule has 2 rings (SSSR count). The number of hydrazine groups is 1. The van der Waals surface area contributed by atoms with Crippen molar-refractivity contribution >= 4 is 11.8 Å². The van der Waals surface area contributed by atoms with E-state index in [1.807, 2.05) is 17.4 Å². The van der Waals surface area contributed by atoms with Crippen molar-refractivity contribution in [3.63, 3.8) is 0 Å². The summed E-state index contributed by atoms with van der Waals surface area (Å²) in [4.78, 5) is 26.8. The standard InChI is InChI=1S/C12H18N4O3/c1-15-3-2-4-16(7-11(15)17)6-10-5-9(8-19-10)12(18)14-13/h5,8H,2-4,6-7,13H2,1H3,(H,14,18). The van der Waals surface area contributed by atoms with Gasteiger partial charge in [-0.2, -0.15) is 0 Å². The van der Waals surface area contributed by atoms with Gasteiger partial charge < -0.3 is 9.32 Å². The Kier molecular flexibility index (Phi) is 4.18. The molecule has 1 aromatic heterocycles. The lowest BCUT2D eigenvalue weighted by Gasteiger charge is -2.17. The van der Waals surface area contributed by atoms with Crippen molar-refractivity contribution in [3.05, 3.63) is 23.7 Å². The van der Waals surface area contributed by atoms with E-state index in [0.29, 0.717) is 24.4 Å². The molecule has 0 aliphatic carbocycles. The second kappa shape index (κ2) is 5.85. The van der Waals surface area contributed by atoms with Gasteiger partial charge >= 0.3 is 0 Å². The van der Waals surface area contributed by atoms with Crippen LogP contribution >= 0.6 is 0 Å². The highest BCUT2D eigenvalue weighted by Crippen LogP contribution is 2.12. The van der Waals surface area contributed by atoms with Crippen LogP contribution in [0.4, 0.5) is 0 Å². The Balaban J connectivity index is 1.98.